The summed E-state index contributed by atoms with van der Waals surface area (Å²) in [7, 11) is 0. The van der Waals surface area contributed by atoms with E-state index in [2.05, 4.69) is 10.3 Å². The van der Waals surface area contributed by atoms with Gasteiger partial charge in [0.15, 0.2) is 5.82 Å². The van der Waals surface area contributed by atoms with Crippen molar-refractivity contribution in [3.63, 3.8) is 0 Å². The summed E-state index contributed by atoms with van der Waals surface area (Å²) in [5.41, 5.74) is 3.42. The zero-order chi connectivity index (χ0) is 16.1. The summed E-state index contributed by atoms with van der Waals surface area (Å²) in [6.45, 7) is 3.17. The van der Waals surface area contributed by atoms with Crippen LogP contribution in [0, 0.1) is 6.92 Å². The molecule has 0 radical (unpaired) electrons. The predicted molar refractivity (Wildman–Crippen MR) is 90.1 cm³/mol. The number of nitrogens with zero attached hydrogens (tertiary/aromatic N) is 2. The fourth-order valence-electron chi connectivity index (χ4n) is 2.39. The summed E-state index contributed by atoms with van der Waals surface area (Å²) in [4.78, 5) is 16.6. The highest BCUT2D eigenvalue weighted by molar-refractivity contribution is 5.90. The number of nitrogens with one attached hydrogen (secondary N) is 1. The van der Waals surface area contributed by atoms with Crippen LogP contribution < -0.4 is 5.32 Å². The molecule has 0 atom stereocenters. The van der Waals surface area contributed by atoms with Crippen molar-refractivity contribution in [1.29, 1.82) is 0 Å². The molecular formula is C19H19N3O. The van der Waals surface area contributed by atoms with Crippen LogP contribution in [0.3, 0.4) is 0 Å². The van der Waals surface area contributed by atoms with Crippen molar-refractivity contribution in [2.75, 3.05) is 0 Å². The molecule has 2 aromatic carbocycles. The van der Waals surface area contributed by atoms with Crippen molar-refractivity contribution >= 4 is 5.91 Å². The van der Waals surface area contributed by atoms with Gasteiger partial charge in [-0.3, -0.25) is 4.79 Å². The molecule has 0 saturated carbocycles. The van der Waals surface area contributed by atoms with Crippen LogP contribution in [0.25, 0.3) is 0 Å². The maximum absolute atomic E-state index is 12.4. The van der Waals surface area contributed by atoms with E-state index in [0.29, 0.717) is 18.9 Å². The van der Waals surface area contributed by atoms with Gasteiger partial charge >= 0.3 is 0 Å². The molecule has 0 aliphatic heterocycles. The lowest BCUT2D eigenvalue weighted by Gasteiger charge is -2.09. The van der Waals surface area contributed by atoms with E-state index in [1.54, 1.807) is 6.20 Å². The number of carbonyl (C=O) groups excluding carboxylic acids is 1. The molecule has 0 spiro atoms. The lowest BCUT2D eigenvalue weighted by Crippen LogP contribution is -2.26. The topological polar surface area (TPSA) is 46.9 Å². The Bertz CT molecular complexity index is 776. The number of aryl methyl sites for hydroxylation is 1. The van der Waals surface area contributed by atoms with Crippen molar-refractivity contribution < 1.29 is 4.79 Å². The van der Waals surface area contributed by atoms with Crippen LogP contribution in [0.1, 0.15) is 27.3 Å². The Balaban J connectivity index is 1.66. The highest BCUT2D eigenvalue weighted by Gasteiger charge is 2.12. The Labute approximate surface area is 135 Å². The van der Waals surface area contributed by atoms with Gasteiger partial charge in [-0.1, -0.05) is 60.2 Å². The minimum Gasteiger partial charge on any atom is -0.345 e. The maximum atomic E-state index is 12.4. The van der Waals surface area contributed by atoms with Crippen molar-refractivity contribution in [2.45, 2.75) is 20.0 Å². The van der Waals surface area contributed by atoms with Crippen LogP contribution in [-0.2, 0) is 13.1 Å². The Kier molecular flexibility index (Phi) is 4.52. The maximum Gasteiger partial charge on any atom is 0.287 e. The van der Waals surface area contributed by atoms with Crippen molar-refractivity contribution in [3.05, 3.63) is 89.5 Å². The van der Waals surface area contributed by atoms with E-state index < -0.39 is 0 Å². The monoisotopic (exact) mass is 305 g/mol. The Hall–Kier alpha value is -2.88. The van der Waals surface area contributed by atoms with Gasteiger partial charge in [-0.05, 0) is 18.1 Å². The largest absolute Gasteiger partial charge is 0.345 e. The fraction of sp³-hybridized carbons (Fsp3) is 0.158. The molecule has 0 aliphatic rings. The molecule has 0 saturated heterocycles. The van der Waals surface area contributed by atoms with Crippen LogP contribution in [0.2, 0.25) is 0 Å². The highest BCUT2D eigenvalue weighted by Crippen LogP contribution is 2.07. The van der Waals surface area contributed by atoms with E-state index in [1.807, 2.05) is 72.3 Å². The Morgan fingerprint density at radius 2 is 1.78 bits per heavy atom. The first-order valence-electron chi connectivity index (χ1n) is 7.61. The Morgan fingerprint density at radius 1 is 1.04 bits per heavy atom. The minimum atomic E-state index is -0.161. The van der Waals surface area contributed by atoms with Gasteiger partial charge in [0.1, 0.15) is 0 Å². The van der Waals surface area contributed by atoms with E-state index in [-0.39, 0.29) is 5.91 Å². The number of imidazole rings is 1. The lowest BCUT2D eigenvalue weighted by molar-refractivity contribution is 0.0936. The average molecular weight is 305 g/mol. The summed E-state index contributed by atoms with van der Waals surface area (Å²) in [6, 6.07) is 18.1. The molecule has 1 aromatic heterocycles. The van der Waals surface area contributed by atoms with Crippen LogP contribution in [-0.4, -0.2) is 15.5 Å². The molecule has 116 valence electrons. The normalized spacial score (nSPS) is 10.5. The summed E-state index contributed by atoms with van der Waals surface area (Å²) in [5.74, 6) is 0.271. The van der Waals surface area contributed by atoms with Gasteiger partial charge in [0, 0.05) is 25.5 Å². The third-order valence-corrected chi connectivity index (χ3v) is 3.69. The third-order valence-electron chi connectivity index (χ3n) is 3.69. The summed E-state index contributed by atoms with van der Waals surface area (Å²) in [5, 5.41) is 2.92. The molecule has 0 fully saturated rings. The number of hydrogen-bond acceptors (Lipinski definition) is 2. The van der Waals surface area contributed by atoms with Crippen molar-refractivity contribution in [1.82, 2.24) is 14.9 Å². The van der Waals surface area contributed by atoms with Gasteiger partial charge in [-0.25, -0.2) is 4.98 Å². The first kappa shape index (κ1) is 15.0. The molecule has 0 aliphatic carbocycles. The zero-order valence-corrected chi connectivity index (χ0v) is 13.1. The predicted octanol–water partition coefficient (Wildman–Crippen LogP) is 3.17. The number of rotatable bonds is 5. The molecule has 3 rings (SSSR count). The number of amides is 1. The van der Waals surface area contributed by atoms with E-state index in [1.165, 1.54) is 5.56 Å². The molecule has 4 heteroatoms. The van der Waals surface area contributed by atoms with Gasteiger partial charge in [-0.2, -0.15) is 0 Å². The zero-order valence-electron chi connectivity index (χ0n) is 13.1. The van der Waals surface area contributed by atoms with E-state index in [4.69, 9.17) is 0 Å². The van der Waals surface area contributed by atoms with Crippen LogP contribution in [0.5, 0.6) is 0 Å². The second-order valence-electron chi connectivity index (χ2n) is 5.53. The minimum absolute atomic E-state index is 0.161. The molecule has 0 unspecified atom stereocenters. The van der Waals surface area contributed by atoms with E-state index in [0.717, 1.165) is 11.1 Å². The van der Waals surface area contributed by atoms with Gasteiger partial charge in [0.05, 0.1) is 0 Å². The van der Waals surface area contributed by atoms with Crippen molar-refractivity contribution in [3.8, 4) is 0 Å². The third kappa shape index (κ3) is 3.86. The second kappa shape index (κ2) is 6.92. The number of aromatic nitrogens is 2. The molecule has 3 aromatic rings. The fourth-order valence-corrected chi connectivity index (χ4v) is 2.39. The molecule has 0 bridgehead atoms. The van der Waals surface area contributed by atoms with Gasteiger partial charge in [0.2, 0.25) is 0 Å². The first-order chi connectivity index (χ1) is 11.2. The van der Waals surface area contributed by atoms with Gasteiger partial charge in [-0.15, -0.1) is 0 Å². The number of benzene rings is 2. The molecule has 4 nitrogen and oxygen atoms in total. The quantitative estimate of drug-likeness (QED) is 0.787. The number of carbonyl (C=O) groups is 1. The SMILES string of the molecule is Cc1ccc(CNC(=O)c2nccn2Cc2ccccc2)cc1. The van der Waals surface area contributed by atoms with E-state index in [9.17, 15) is 4.79 Å². The van der Waals surface area contributed by atoms with Crippen LogP contribution >= 0.6 is 0 Å². The number of hydrogen-bond donors (Lipinski definition) is 1. The van der Waals surface area contributed by atoms with Crippen LogP contribution in [0.15, 0.2) is 67.0 Å². The summed E-state index contributed by atoms with van der Waals surface area (Å²) >= 11 is 0. The van der Waals surface area contributed by atoms with Crippen LogP contribution in [0.4, 0.5) is 0 Å². The first-order valence-corrected chi connectivity index (χ1v) is 7.61. The summed E-state index contributed by atoms with van der Waals surface area (Å²) < 4.78 is 1.86. The molecule has 1 heterocycles. The standard InChI is InChI=1S/C19H19N3O/c1-15-7-9-16(10-8-15)13-21-19(23)18-20-11-12-22(18)14-17-5-3-2-4-6-17/h2-12H,13-14H2,1H3,(H,21,23). The van der Waals surface area contributed by atoms with E-state index >= 15 is 0 Å². The Morgan fingerprint density at radius 3 is 2.52 bits per heavy atom. The average Bonchev–Trinajstić information content (AvgIpc) is 3.03. The summed E-state index contributed by atoms with van der Waals surface area (Å²) in [6.07, 6.45) is 3.48. The van der Waals surface area contributed by atoms with Gasteiger partial charge in [0.25, 0.3) is 5.91 Å². The highest BCUT2D eigenvalue weighted by atomic mass is 16.2. The second-order valence-corrected chi connectivity index (χ2v) is 5.53. The van der Waals surface area contributed by atoms with Gasteiger partial charge < -0.3 is 9.88 Å². The molecule has 1 N–H and O–H groups in total. The lowest BCUT2D eigenvalue weighted by atomic mass is 10.1. The molecular weight excluding hydrogens is 286 g/mol. The van der Waals surface area contributed by atoms with Crippen molar-refractivity contribution in [2.24, 2.45) is 0 Å². The molecule has 1 amide bonds. The molecule has 23 heavy (non-hydrogen) atoms. The smallest absolute Gasteiger partial charge is 0.287 e.